The Morgan fingerprint density at radius 3 is 1.55 bits per heavy atom. The van der Waals surface area contributed by atoms with Gasteiger partial charge >= 0.3 is 0 Å². The molecule has 0 aromatic heterocycles. The van der Waals surface area contributed by atoms with Gasteiger partial charge in [-0.2, -0.15) is 0 Å². The van der Waals surface area contributed by atoms with Crippen LogP contribution in [0.4, 0.5) is 0 Å². The highest BCUT2D eigenvalue weighted by atomic mass is 16.5. The van der Waals surface area contributed by atoms with Gasteiger partial charge in [0.2, 0.25) is 5.91 Å². The van der Waals surface area contributed by atoms with Crippen LogP contribution < -0.4 is 0 Å². The molecule has 0 aliphatic heterocycles. The van der Waals surface area contributed by atoms with Crippen LogP contribution in [-0.4, -0.2) is 65.5 Å². The van der Waals surface area contributed by atoms with Gasteiger partial charge in [0.05, 0.1) is 13.2 Å². The average Bonchev–Trinajstić information content (AvgIpc) is 2.71. The molecule has 29 heavy (non-hydrogen) atoms. The number of carbonyl (C=O) groups is 1. The maximum atomic E-state index is 11.9. The van der Waals surface area contributed by atoms with Gasteiger partial charge in [0.15, 0.2) is 0 Å². The average molecular weight is 416 g/mol. The van der Waals surface area contributed by atoms with Crippen molar-refractivity contribution < 1.29 is 15.0 Å². The Kier molecular flexibility index (Phi) is 21.5. The van der Waals surface area contributed by atoms with Crippen molar-refractivity contribution in [1.82, 2.24) is 9.96 Å². The van der Waals surface area contributed by atoms with Crippen LogP contribution in [0, 0.1) is 5.21 Å². The highest BCUT2D eigenvalue weighted by Gasteiger charge is 2.06. The Balaban J connectivity index is 3.47. The molecule has 0 spiro atoms. The van der Waals surface area contributed by atoms with E-state index in [0.717, 1.165) is 19.3 Å². The summed E-state index contributed by atoms with van der Waals surface area (Å²) in [7, 11) is 0. The first-order valence-corrected chi connectivity index (χ1v) is 12.1. The molecule has 0 aromatic carbocycles. The minimum absolute atomic E-state index is 0.0269. The third-order valence-electron chi connectivity index (χ3n) is 5.44. The molecule has 2 N–H and O–H groups in total. The number of hydroxylamine groups is 2. The second-order valence-electron chi connectivity index (χ2n) is 8.13. The second kappa shape index (κ2) is 22.0. The summed E-state index contributed by atoms with van der Waals surface area (Å²) in [6.45, 7) is 4.05. The van der Waals surface area contributed by atoms with Gasteiger partial charge < -0.3 is 20.5 Å². The second-order valence-corrected chi connectivity index (χ2v) is 8.13. The van der Waals surface area contributed by atoms with Crippen molar-refractivity contribution in [3.8, 4) is 0 Å². The highest BCUT2D eigenvalue weighted by Crippen LogP contribution is 2.13. The van der Waals surface area contributed by atoms with Gasteiger partial charge in [-0.1, -0.05) is 84.0 Å². The Bertz CT molecular complexity index is 350. The summed E-state index contributed by atoms with van der Waals surface area (Å²) in [5.41, 5.74) is 0. The number of rotatable bonds is 22. The minimum Gasteiger partial charge on any atom is -0.756 e. The van der Waals surface area contributed by atoms with Crippen molar-refractivity contribution in [2.24, 2.45) is 0 Å². The van der Waals surface area contributed by atoms with Crippen molar-refractivity contribution >= 4 is 5.91 Å². The smallest absolute Gasteiger partial charge is 0.212 e. The van der Waals surface area contributed by atoms with Gasteiger partial charge in [0, 0.05) is 26.1 Å². The Hall–Kier alpha value is -0.690. The zero-order valence-corrected chi connectivity index (χ0v) is 19.0. The van der Waals surface area contributed by atoms with Gasteiger partial charge in [-0.3, -0.25) is 9.69 Å². The van der Waals surface area contributed by atoms with Crippen LogP contribution in [0.15, 0.2) is 0 Å². The molecule has 0 fully saturated rings. The van der Waals surface area contributed by atoms with E-state index in [1.165, 1.54) is 64.2 Å². The molecule has 0 atom stereocenters. The van der Waals surface area contributed by atoms with E-state index in [1.807, 2.05) is 4.90 Å². The number of hydrogen-bond acceptors (Lipinski definition) is 5. The lowest BCUT2D eigenvalue weighted by Gasteiger charge is -2.29. The van der Waals surface area contributed by atoms with E-state index in [1.54, 1.807) is 0 Å². The topological polar surface area (TPSA) is 87.1 Å². The number of hydrogen-bond donors (Lipinski definition) is 2. The highest BCUT2D eigenvalue weighted by molar-refractivity contribution is 5.76. The van der Waals surface area contributed by atoms with Crippen molar-refractivity contribution in [3.63, 3.8) is 0 Å². The molecule has 0 aliphatic rings. The van der Waals surface area contributed by atoms with E-state index in [9.17, 15) is 10.0 Å². The van der Waals surface area contributed by atoms with Crippen LogP contribution >= 0.6 is 0 Å². The molecule has 174 valence electrons. The fraction of sp³-hybridized carbons (Fsp3) is 0.957. The number of carbonyl (C=O) groups excluding carboxylic acids is 1. The first-order chi connectivity index (χ1) is 14.2. The zero-order chi connectivity index (χ0) is 21.6. The first kappa shape index (κ1) is 28.3. The van der Waals surface area contributed by atoms with Crippen LogP contribution in [0.1, 0.15) is 103 Å². The Morgan fingerprint density at radius 1 is 0.655 bits per heavy atom. The largest absolute Gasteiger partial charge is 0.756 e. The summed E-state index contributed by atoms with van der Waals surface area (Å²) in [5, 5.41) is 30.3. The van der Waals surface area contributed by atoms with E-state index in [2.05, 4.69) is 6.92 Å². The molecule has 0 saturated heterocycles. The molecular weight excluding hydrogens is 368 g/mol. The predicted molar refractivity (Wildman–Crippen MR) is 121 cm³/mol. The van der Waals surface area contributed by atoms with Crippen molar-refractivity contribution in [1.29, 1.82) is 0 Å². The van der Waals surface area contributed by atoms with Crippen molar-refractivity contribution in [2.75, 3.05) is 39.4 Å². The summed E-state index contributed by atoms with van der Waals surface area (Å²) in [4.78, 5) is 13.8. The minimum atomic E-state index is -0.316. The molecule has 0 heterocycles. The number of nitrogens with zero attached hydrogens (tertiary/aromatic N) is 2. The van der Waals surface area contributed by atoms with E-state index in [-0.39, 0.29) is 25.7 Å². The van der Waals surface area contributed by atoms with Crippen LogP contribution in [0.3, 0.4) is 0 Å². The molecule has 0 unspecified atom stereocenters. The standard InChI is InChI=1S/C23H47N2O4/c1-2-3-4-5-6-7-8-9-10-11-12-13-14-16-23(28)25(29)18-15-17-24(19-21-26)20-22-27/h26-27H,2-22H2,1H3/q-1. The third-order valence-corrected chi connectivity index (χ3v) is 5.44. The van der Waals surface area contributed by atoms with Gasteiger partial charge in [0.25, 0.3) is 0 Å². The van der Waals surface area contributed by atoms with Crippen LogP contribution in [-0.2, 0) is 4.79 Å². The molecule has 0 saturated carbocycles. The lowest BCUT2D eigenvalue weighted by Crippen LogP contribution is -2.33. The van der Waals surface area contributed by atoms with Crippen LogP contribution in [0.5, 0.6) is 0 Å². The fourth-order valence-corrected chi connectivity index (χ4v) is 3.60. The molecule has 0 aromatic rings. The summed E-state index contributed by atoms with van der Waals surface area (Å²) >= 11 is 0. The van der Waals surface area contributed by atoms with Crippen LogP contribution in [0.2, 0.25) is 0 Å². The van der Waals surface area contributed by atoms with Gasteiger partial charge in [-0.15, -0.1) is 0 Å². The van der Waals surface area contributed by atoms with Crippen molar-refractivity contribution in [3.05, 3.63) is 5.21 Å². The van der Waals surface area contributed by atoms with Crippen molar-refractivity contribution in [2.45, 2.75) is 103 Å². The molecule has 0 aliphatic carbocycles. The Morgan fingerprint density at radius 2 is 1.10 bits per heavy atom. The number of aliphatic hydroxyl groups excluding tert-OH is 2. The van der Waals surface area contributed by atoms with Gasteiger partial charge in [-0.25, -0.2) is 0 Å². The molecule has 0 bridgehead atoms. The summed E-state index contributed by atoms with van der Waals surface area (Å²) in [6.07, 6.45) is 17.3. The number of unbranched alkanes of at least 4 members (excludes halogenated alkanes) is 12. The molecule has 0 rings (SSSR count). The predicted octanol–water partition coefficient (Wildman–Crippen LogP) is 4.47. The molecule has 6 heteroatoms. The maximum Gasteiger partial charge on any atom is 0.212 e. The number of aliphatic hydroxyl groups is 2. The molecule has 0 radical (unpaired) electrons. The third kappa shape index (κ3) is 19.0. The maximum absolute atomic E-state index is 11.9. The fourth-order valence-electron chi connectivity index (χ4n) is 3.60. The van der Waals surface area contributed by atoms with Crippen LogP contribution in [0.25, 0.3) is 0 Å². The lowest BCUT2D eigenvalue weighted by molar-refractivity contribution is -0.128. The zero-order valence-electron chi connectivity index (χ0n) is 19.0. The molecule has 1 amide bonds. The monoisotopic (exact) mass is 415 g/mol. The van der Waals surface area contributed by atoms with E-state index < -0.39 is 0 Å². The summed E-state index contributed by atoms with van der Waals surface area (Å²) < 4.78 is 0. The van der Waals surface area contributed by atoms with E-state index in [0.29, 0.717) is 37.5 Å². The normalized spacial score (nSPS) is 11.3. The van der Waals surface area contributed by atoms with Gasteiger partial charge in [-0.05, 0) is 19.4 Å². The first-order valence-electron chi connectivity index (χ1n) is 12.1. The quantitative estimate of drug-likeness (QED) is 0.201. The SMILES string of the molecule is CCCCCCCCCCCCCCCC(=O)N([O-])CCCN(CCO)CCO. The summed E-state index contributed by atoms with van der Waals surface area (Å²) in [5.74, 6) is -0.316. The molecular formula is C23H47N2O4-. The lowest BCUT2D eigenvalue weighted by atomic mass is 10.0. The van der Waals surface area contributed by atoms with E-state index >= 15 is 0 Å². The molecule has 6 nitrogen and oxygen atoms in total. The summed E-state index contributed by atoms with van der Waals surface area (Å²) in [6, 6.07) is 0. The van der Waals surface area contributed by atoms with Gasteiger partial charge in [0.1, 0.15) is 0 Å². The Labute approximate surface area is 179 Å². The number of amides is 1. The van der Waals surface area contributed by atoms with E-state index in [4.69, 9.17) is 10.2 Å².